The van der Waals surface area contributed by atoms with E-state index in [9.17, 15) is 9.18 Å². The van der Waals surface area contributed by atoms with Crippen molar-refractivity contribution in [3.63, 3.8) is 0 Å². The average molecular weight is 282 g/mol. The molecule has 1 aromatic rings. The van der Waals surface area contributed by atoms with E-state index in [4.69, 9.17) is 4.74 Å². The average Bonchev–Trinajstić information content (AvgIpc) is 2.44. The summed E-state index contributed by atoms with van der Waals surface area (Å²) in [4.78, 5) is 11.4. The number of ether oxygens (including phenoxy) is 1. The summed E-state index contributed by atoms with van der Waals surface area (Å²) in [5, 5.41) is 6.02. The Hall–Kier alpha value is -1.62. The van der Waals surface area contributed by atoms with Crippen molar-refractivity contribution in [3.8, 4) is 5.75 Å². The van der Waals surface area contributed by atoms with Gasteiger partial charge in [-0.3, -0.25) is 4.79 Å². The molecule has 2 N–H and O–H groups in total. The summed E-state index contributed by atoms with van der Waals surface area (Å²) in [7, 11) is 1.44. The molecule has 1 unspecified atom stereocenters. The van der Waals surface area contributed by atoms with Crippen LogP contribution in [0.2, 0.25) is 0 Å². The van der Waals surface area contributed by atoms with Crippen molar-refractivity contribution in [3.05, 3.63) is 29.6 Å². The smallest absolute Gasteiger partial charge is 0.221 e. The zero-order valence-corrected chi connectivity index (χ0v) is 12.3. The molecule has 0 aromatic heterocycles. The lowest BCUT2D eigenvalue weighted by Gasteiger charge is -2.15. The highest BCUT2D eigenvalue weighted by Crippen LogP contribution is 2.21. The van der Waals surface area contributed by atoms with Gasteiger partial charge in [0.2, 0.25) is 5.91 Å². The highest BCUT2D eigenvalue weighted by molar-refractivity contribution is 5.75. The quantitative estimate of drug-likeness (QED) is 0.770. The van der Waals surface area contributed by atoms with E-state index < -0.39 is 0 Å². The fraction of sp³-hybridized carbons (Fsp3) is 0.533. The zero-order chi connectivity index (χ0) is 15.0. The molecule has 5 heteroatoms. The standard InChI is InChI=1S/C15H23FN2O2/c1-4-8-18-15(19)7-9-17-11(2)12-5-6-14(20-3)13(16)10-12/h5-6,10-11,17H,4,7-9H2,1-3H3,(H,18,19). The van der Waals surface area contributed by atoms with Crippen LogP contribution in [0, 0.1) is 5.82 Å². The largest absolute Gasteiger partial charge is 0.494 e. The van der Waals surface area contributed by atoms with Gasteiger partial charge in [0.05, 0.1) is 7.11 Å². The number of carbonyl (C=O) groups is 1. The Balaban J connectivity index is 2.41. The van der Waals surface area contributed by atoms with Gasteiger partial charge >= 0.3 is 0 Å². The Morgan fingerprint density at radius 3 is 2.75 bits per heavy atom. The third-order valence-corrected chi connectivity index (χ3v) is 3.05. The minimum absolute atomic E-state index is 0.0191. The molecule has 20 heavy (non-hydrogen) atoms. The minimum Gasteiger partial charge on any atom is -0.494 e. The highest BCUT2D eigenvalue weighted by atomic mass is 19.1. The molecular weight excluding hydrogens is 259 g/mol. The highest BCUT2D eigenvalue weighted by Gasteiger charge is 2.09. The first kappa shape index (κ1) is 16.4. The van der Waals surface area contributed by atoms with Crippen molar-refractivity contribution < 1.29 is 13.9 Å². The molecule has 4 nitrogen and oxygen atoms in total. The first-order valence-electron chi connectivity index (χ1n) is 6.92. The molecule has 0 heterocycles. The normalized spacial score (nSPS) is 12.0. The summed E-state index contributed by atoms with van der Waals surface area (Å²) >= 11 is 0. The van der Waals surface area contributed by atoms with Gasteiger partial charge in [-0.25, -0.2) is 4.39 Å². The second-order valence-electron chi connectivity index (χ2n) is 4.67. The van der Waals surface area contributed by atoms with Crippen LogP contribution in [0.3, 0.4) is 0 Å². The number of rotatable bonds is 8. The summed E-state index contributed by atoms with van der Waals surface area (Å²) in [6.45, 7) is 5.21. The predicted octanol–water partition coefficient (Wildman–Crippen LogP) is 2.40. The third-order valence-electron chi connectivity index (χ3n) is 3.05. The molecule has 0 saturated carbocycles. The Labute approximate surface area is 119 Å². The van der Waals surface area contributed by atoms with Crippen molar-refractivity contribution in [1.29, 1.82) is 0 Å². The number of hydrogen-bond acceptors (Lipinski definition) is 3. The fourth-order valence-corrected chi connectivity index (χ4v) is 1.82. The Morgan fingerprint density at radius 2 is 2.15 bits per heavy atom. The van der Waals surface area contributed by atoms with E-state index in [2.05, 4.69) is 10.6 Å². The van der Waals surface area contributed by atoms with Crippen LogP contribution in [-0.2, 0) is 4.79 Å². The SMILES string of the molecule is CCCNC(=O)CCNC(C)c1ccc(OC)c(F)c1. The molecule has 1 aromatic carbocycles. The van der Waals surface area contributed by atoms with Gasteiger partial charge in [0.1, 0.15) is 0 Å². The molecular formula is C15H23FN2O2. The molecule has 0 aliphatic rings. The topological polar surface area (TPSA) is 50.4 Å². The van der Waals surface area contributed by atoms with Crippen LogP contribution >= 0.6 is 0 Å². The number of nitrogens with one attached hydrogen (secondary N) is 2. The van der Waals surface area contributed by atoms with Crippen LogP contribution < -0.4 is 15.4 Å². The van der Waals surface area contributed by atoms with Gasteiger partial charge in [-0.2, -0.15) is 0 Å². The van der Waals surface area contributed by atoms with Crippen molar-refractivity contribution >= 4 is 5.91 Å². The zero-order valence-electron chi connectivity index (χ0n) is 12.3. The van der Waals surface area contributed by atoms with Crippen LogP contribution in [-0.4, -0.2) is 26.1 Å². The van der Waals surface area contributed by atoms with Gasteiger partial charge in [-0.05, 0) is 31.0 Å². The first-order chi connectivity index (χ1) is 9.58. The van der Waals surface area contributed by atoms with Crippen molar-refractivity contribution in [1.82, 2.24) is 10.6 Å². The number of amides is 1. The molecule has 112 valence electrons. The van der Waals surface area contributed by atoms with E-state index in [1.54, 1.807) is 6.07 Å². The van der Waals surface area contributed by atoms with Gasteiger partial charge in [-0.15, -0.1) is 0 Å². The number of benzene rings is 1. The lowest BCUT2D eigenvalue weighted by Crippen LogP contribution is -2.29. The summed E-state index contributed by atoms with van der Waals surface area (Å²) < 4.78 is 18.5. The molecule has 0 aliphatic heterocycles. The van der Waals surface area contributed by atoms with Crippen LogP contribution in [0.1, 0.15) is 38.3 Å². The van der Waals surface area contributed by atoms with Crippen molar-refractivity contribution in [2.45, 2.75) is 32.7 Å². The molecule has 0 aliphatic carbocycles. The van der Waals surface area contributed by atoms with Gasteiger partial charge in [0, 0.05) is 25.6 Å². The Bertz CT molecular complexity index is 438. The van der Waals surface area contributed by atoms with Crippen LogP contribution in [0.15, 0.2) is 18.2 Å². The molecule has 1 atom stereocenters. The lowest BCUT2D eigenvalue weighted by atomic mass is 10.1. The molecule has 0 fully saturated rings. The Morgan fingerprint density at radius 1 is 1.40 bits per heavy atom. The molecule has 0 spiro atoms. The second-order valence-corrected chi connectivity index (χ2v) is 4.67. The molecule has 0 bridgehead atoms. The number of methoxy groups -OCH3 is 1. The number of hydrogen-bond donors (Lipinski definition) is 2. The number of halogens is 1. The maximum atomic E-state index is 13.6. The summed E-state index contributed by atoms with van der Waals surface area (Å²) in [5.74, 6) is -0.105. The fourth-order valence-electron chi connectivity index (χ4n) is 1.82. The maximum absolute atomic E-state index is 13.6. The van der Waals surface area contributed by atoms with Gasteiger partial charge in [0.15, 0.2) is 11.6 Å². The van der Waals surface area contributed by atoms with E-state index in [-0.39, 0.29) is 23.5 Å². The van der Waals surface area contributed by atoms with E-state index >= 15 is 0 Å². The van der Waals surface area contributed by atoms with Crippen molar-refractivity contribution in [2.24, 2.45) is 0 Å². The van der Waals surface area contributed by atoms with E-state index in [0.29, 0.717) is 19.5 Å². The molecule has 0 saturated heterocycles. The molecule has 1 rings (SSSR count). The van der Waals surface area contributed by atoms with E-state index in [1.807, 2.05) is 19.9 Å². The van der Waals surface area contributed by atoms with Crippen LogP contribution in [0.25, 0.3) is 0 Å². The van der Waals surface area contributed by atoms with Crippen LogP contribution in [0.5, 0.6) is 5.75 Å². The summed E-state index contributed by atoms with van der Waals surface area (Å²) in [6, 6.07) is 4.86. The monoisotopic (exact) mass is 282 g/mol. The van der Waals surface area contributed by atoms with Crippen molar-refractivity contribution in [2.75, 3.05) is 20.2 Å². The molecule has 1 amide bonds. The Kier molecular flexibility index (Phi) is 7.01. The van der Waals surface area contributed by atoms with Gasteiger partial charge in [0.25, 0.3) is 0 Å². The first-order valence-corrected chi connectivity index (χ1v) is 6.92. The van der Waals surface area contributed by atoms with E-state index in [0.717, 1.165) is 12.0 Å². The minimum atomic E-state index is -0.376. The number of carbonyl (C=O) groups excluding carboxylic acids is 1. The predicted molar refractivity (Wildman–Crippen MR) is 77.3 cm³/mol. The summed E-state index contributed by atoms with van der Waals surface area (Å²) in [5.41, 5.74) is 0.831. The van der Waals surface area contributed by atoms with Gasteiger partial charge < -0.3 is 15.4 Å². The second kappa shape index (κ2) is 8.53. The summed E-state index contributed by atoms with van der Waals surface area (Å²) in [6.07, 6.45) is 1.35. The third kappa shape index (κ3) is 5.17. The lowest BCUT2D eigenvalue weighted by molar-refractivity contribution is -0.121. The van der Waals surface area contributed by atoms with E-state index in [1.165, 1.54) is 13.2 Å². The van der Waals surface area contributed by atoms with Crippen LogP contribution in [0.4, 0.5) is 4.39 Å². The maximum Gasteiger partial charge on any atom is 0.221 e. The molecule has 0 radical (unpaired) electrons. The van der Waals surface area contributed by atoms with Gasteiger partial charge in [-0.1, -0.05) is 13.0 Å².